The molecule has 2 aliphatic carbocycles. The molecule has 2 heterocycles. The van der Waals surface area contributed by atoms with Gasteiger partial charge in [-0.3, -0.25) is 9.59 Å². The predicted octanol–water partition coefficient (Wildman–Crippen LogP) is 7.97. The van der Waals surface area contributed by atoms with Crippen molar-refractivity contribution in [2.24, 2.45) is 11.8 Å². The Kier molecular flexibility index (Phi) is 10.1. The van der Waals surface area contributed by atoms with Crippen molar-refractivity contribution < 1.29 is 24.0 Å². The smallest absolute Gasteiger partial charge is 0.348 e. The maximum Gasteiger partial charge on any atom is 0.348 e. The van der Waals surface area contributed by atoms with Crippen LogP contribution >= 0.6 is 30.8 Å². The number of thiazole rings is 1. The molecule has 2 aliphatic rings. The van der Waals surface area contributed by atoms with E-state index in [1.165, 1.54) is 22.7 Å². The number of nitrogens with one attached hydrogen (secondary N) is 1. The van der Waals surface area contributed by atoms with Gasteiger partial charge in [0.1, 0.15) is 10.6 Å². The van der Waals surface area contributed by atoms with Crippen LogP contribution in [-0.2, 0) is 9.32 Å². The quantitative estimate of drug-likeness (QED) is 0.233. The van der Waals surface area contributed by atoms with Crippen molar-refractivity contribution >= 4 is 60.0 Å². The Morgan fingerprint density at radius 1 is 1.02 bits per heavy atom. The summed E-state index contributed by atoms with van der Waals surface area (Å²) in [7, 11) is -0.460. The van der Waals surface area contributed by atoms with Crippen molar-refractivity contribution in [3.05, 3.63) is 51.8 Å². The minimum Gasteiger partial charge on any atom is -0.477 e. The zero-order valence-corrected chi connectivity index (χ0v) is 26.8. The van der Waals surface area contributed by atoms with Gasteiger partial charge in [-0.1, -0.05) is 19.1 Å². The lowest BCUT2D eigenvalue weighted by Crippen LogP contribution is -2.47. The summed E-state index contributed by atoms with van der Waals surface area (Å²) in [4.78, 5) is 46.0. The van der Waals surface area contributed by atoms with E-state index in [1.54, 1.807) is 23.0 Å². The van der Waals surface area contributed by atoms with Crippen molar-refractivity contribution in [3.63, 3.8) is 0 Å². The second-order valence-electron chi connectivity index (χ2n) is 11.5. The van der Waals surface area contributed by atoms with E-state index in [-0.39, 0.29) is 34.8 Å². The number of benzene rings is 1. The van der Waals surface area contributed by atoms with Gasteiger partial charge in [0, 0.05) is 36.1 Å². The molecule has 5 rings (SSSR count). The van der Waals surface area contributed by atoms with Crippen LogP contribution < -0.4 is 10.2 Å². The lowest BCUT2D eigenvalue weighted by Gasteiger charge is -2.39. The Hall–Kier alpha value is -2.65. The molecule has 0 bridgehead atoms. The summed E-state index contributed by atoms with van der Waals surface area (Å²) in [5.41, 5.74) is 3.93. The third kappa shape index (κ3) is 7.28. The fourth-order valence-electron chi connectivity index (χ4n) is 6.00. The maximum atomic E-state index is 14.2. The van der Waals surface area contributed by atoms with Gasteiger partial charge < -0.3 is 19.8 Å². The molecule has 0 spiro atoms. The second-order valence-corrected chi connectivity index (χ2v) is 15.2. The number of anilines is 2. The Morgan fingerprint density at radius 3 is 2.31 bits per heavy atom. The molecule has 2 fully saturated rings. The number of nitrogens with zero attached hydrogens (tertiary/aromatic N) is 2. The van der Waals surface area contributed by atoms with Crippen molar-refractivity contribution in [3.8, 4) is 10.4 Å². The molecule has 1 aromatic carbocycles. The van der Waals surface area contributed by atoms with Crippen LogP contribution in [0.1, 0.15) is 78.5 Å². The summed E-state index contributed by atoms with van der Waals surface area (Å²) in [5, 5.41) is 14.8. The second kappa shape index (κ2) is 13.8. The Bertz CT molecular complexity index is 1380. The van der Waals surface area contributed by atoms with Crippen LogP contribution in [0.4, 0.5) is 11.4 Å². The SMILES string of the molecule is CC1CCC(C(=O)N(c2cc(-c3ccc(NC(=O)c4cscn4)cc3)sc2C(=O)O)C2CCC(OP(C)C)CC2)CC1. The average Bonchev–Trinajstić information content (AvgIpc) is 3.66. The summed E-state index contributed by atoms with van der Waals surface area (Å²) < 4.78 is 6.13. The molecule has 0 aliphatic heterocycles. The first-order valence-electron chi connectivity index (χ1n) is 14.5. The zero-order valence-electron chi connectivity index (χ0n) is 24.2. The highest BCUT2D eigenvalue weighted by molar-refractivity contribution is 7.50. The van der Waals surface area contributed by atoms with Gasteiger partial charge in [-0.05, 0) is 94.4 Å². The first kappa shape index (κ1) is 30.8. The number of carboxylic acids is 1. The lowest BCUT2D eigenvalue weighted by molar-refractivity contribution is -0.124. The summed E-state index contributed by atoms with van der Waals surface area (Å²) in [6.07, 6.45) is 7.24. The average molecular weight is 628 g/mol. The maximum absolute atomic E-state index is 14.2. The van der Waals surface area contributed by atoms with Crippen LogP contribution in [0.3, 0.4) is 0 Å². The van der Waals surface area contributed by atoms with Gasteiger partial charge in [-0.15, -0.1) is 22.7 Å². The van der Waals surface area contributed by atoms with Crippen molar-refractivity contribution in [2.45, 2.75) is 70.4 Å². The zero-order chi connectivity index (χ0) is 29.8. The minimum atomic E-state index is -1.02. The molecule has 11 heteroatoms. The summed E-state index contributed by atoms with van der Waals surface area (Å²) in [5.74, 6) is -0.712. The number of thiophene rings is 1. The van der Waals surface area contributed by atoms with E-state index in [0.717, 1.165) is 61.8 Å². The van der Waals surface area contributed by atoms with Crippen LogP contribution in [0.25, 0.3) is 10.4 Å². The van der Waals surface area contributed by atoms with Crippen molar-refractivity contribution in [2.75, 3.05) is 23.5 Å². The highest BCUT2D eigenvalue weighted by atomic mass is 32.1. The number of carboxylic acid groups (broad SMARTS) is 1. The number of hydrogen-bond donors (Lipinski definition) is 2. The van der Waals surface area contributed by atoms with Gasteiger partial charge >= 0.3 is 5.97 Å². The van der Waals surface area contributed by atoms with Gasteiger partial charge in [-0.2, -0.15) is 0 Å². The molecule has 0 atom stereocenters. The van der Waals surface area contributed by atoms with Gasteiger partial charge in [-0.25, -0.2) is 9.78 Å². The molecule has 42 heavy (non-hydrogen) atoms. The number of carbonyl (C=O) groups excluding carboxylic acids is 2. The van der Waals surface area contributed by atoms with E-state index in [4.69, 9.17) is 4.52 Å². The molecule has 2 saturated carbocycles. The standard InChI is InChI=1S/C31H38N3O5PS2/c1-19-4-6-21(7-5-19)30(36)34(23-12-14-24(15-13-23)39-40(2)3)26-16-27(42-28(26)31(37)38)20-8-10-22(11-9-20)33-29(35)25-17-41-18-32-25/h8-11,16-19,21,23-24H,4-7,12-15H2,1-3H3,(H,33,35)(H,37,38). The molecule has 2 aromatic heterocycles. The Morgan fingerprint density at radius 2 is 1.71 bits per heavy atom. The van der Waals surface area contributed by atoms with Gasteiger partial charge in [0.2, 0.25) is 5.91 Å². The number of aromatic carboxylic acids is 1. The van der Waals surface area contributed by atoms with E-state index in [2.05, 4.69) is 30.6 Å². The van der Waals surface area contributed by atoms with Crippen LogP contribution in [0.2, 0.25) is 0 Å². The van der Waals surface area contributed by atoms with Crippen LogP contribution in [0.15, 0.2) is 41.2 Å². The molecule has 2 N–H and O–H groups in total. The number of aromatic nitrogens is 1. The van der Waals surface area contributed by atoms with E-state index in [1.807, 2.05) is 23.1 Å². The van der Waals surface area contributed by atoms with Crippen LogP contribution in [-0.4, -0.2) is 53.3 Å². The van der Waals surface area contributed by atoms with E-state index in [9.17, 15) is 19.5 Å². The molecular weight excluding hydrogens is 589 g/mol. The van der Waals surface area contributed by atoms with Gasteiger partial charge in [0.15, 0.2) is 0 Å². The molecule has 0 saturated heterocycles. The van der Waals surface area contributed by atoms with E-state index >= 15 is 0 Å². The third-order valence-electron chi connectivity index (χ3n) is 8.23. The fourth-order valence-corrected chi connectivity index (χ4v) is 8.33. The highest BCUT2D eigenvalue weighted by Crippen LogP contribution is 2.43. The summed E-state index contributed by atoms with van der Waals surface area (Å²) in [6.45, 7) is 6.45. The summed E-state index contributed by atoms with van der Waals surface area (Å²) >= 11 is 2.55. The van der Waals surface area contributed by atoms with Crippen molar-refractivity contribution in [1.82, 2.24) is 4.98 Å². The number of amides is 2. The third-order valence-corrected chi connectivity index (χ3v) is 10.7. The van der Waals surface area contributed by atoms with Gasteiger partial charge in [0.05, 0.1) is 17.3 Å². The molecule has 8 nitrogen and oxygen atoms in total. The van der Waals surface area contributed by atoms with Crippen LogP contribution in [0.5, 0.6) is 0 Å². The summed E-state index contributed by atoms with van der Waals surface area (Å²) in [6, 6.07) is 9.14. The lowest BCUT2D eigenvalue weighted by atomic mass is 9.81. The van der Waals surface area contributed by atoms with Crippen molar-refractivity contribution in [1.29, 1.82) is 0 Å². The fraction of sp³-hybridized carbons (Fsp3) is 0.484. The molecule has 2 amide bonds. The first-order chi connectivity index (χ1) is 20.2. The highest BCUT2D eigenvalue weighted by Gasteiger charge is 2.38. The normalized spacial score (nSPS) is 22.6. The Labute approximate surface area is 256 Å². The Balaban J connectivity index is 1.42. The minimum absolute atomic E-state index is 0.0551. The molecular formula is C31H38N3O5PS2. The monoisotopic (exact) mass is 627 g/mol. The predicted molar refractivity (Wildman–Crippen MR) is 171 cm³/mol. The molecule has 0 radical (unpaired) electrons. The van der Waals surface area contributed by atoms with E-state index in [0.29, 0.717) is 23.0 Å². The molecule has 224 valence electrons. The number of rotatable bonds is 9. The number of carbonyl (C=O) groups is 3. The molecule has 0 unspecified atom stereocenters. The van der Waals surface area contributed by atoms with Crippen LogP contribution in [0, 0.1) is 11.8 Å². The number of hydrogen-bond acceptors (Lipinski definition) is 7. The molecule has 3 aromatic rings. The van der Waals surface area contributed by atoms with Gasteiger partial charge in [0.25, 0.3) is 5.91 Å². The topological polar surface area (TPSA) is 109 Å². The largest absolute Gasteiger partial charge is 0.477 e. The van der Waals surface area contributed by atoms with E-state index < -0.39 is 14.1 Å². The first-order valence-corrected chi connectivity index (χ1v) is 18.4.